The largest absolute Gasteiger partial charge is 0.480 e. The molecule has 0 fully saturated rings. The van der Waals surface area contributed by atoms with Crippen LogP contribution in [0.4, 0.5) is 5.69 Å². The summed E-state index contributed by atoms with van der Waals surface area (Å²) in [7, 11) is 0. The second-order valence-corrected chi connectivity index (χ2v) is 6.22. The molecular weight excluding hydrogens is 342 g/mol. The second kappa shape index (κ2) is 7.45. The number of nitrogen functional groups attached to an aromatic ring is 1. The van der Waals surface area contributed by atoms with Gasteiger partial charge in [-0.05, 0) is 43.2 Å². The third kappa shape index (κ3) is 4.10. The standard InChI is InChI=1S/C18H20BrNO2/c1-3-4-17(18(21)13-6-8-14(19)9-7-13)22-16-10-5-12(2)11-15(16)20/h5-11,17H,3-4,20H2,1-2H3. The third-order valence-electron chi connectivity index (χ3n) is 3.41. The molecule has 2 aromatic carbocycles. The zero-order valence-corrected chi connectivity index (χ0v) is 14.4. The first-order valence-electron chi connectivity index (χ1n) is 7.34. The van der Waals surface area contributed by atoms with Gasteiger partial charge >= 0.3 is 0 Å². The van der Waals surface area contributed by atoms with Gasteiger partial charge in [0.15, 0.2) is 6.10 Å². The average molecular weight is 362 g/mol. The highest BCUT2D eigenvalue weighted by Crippen LogP contribution is 2.25. The van der Waals surface area contributed by atoms with E-state index in [1.165, 1.54) is 0 Å². The number of hydrogen-bond donors (Lipinski definition) is 1. The number of carbonyl (C=O) groups excluding carboxylic acids is 1. The molecule has 116 valence electrons. The zero-order valence-electron chi connectivity index (χ0n) is 12.8. The van der Waals surface area contributed by atoms with E-state index in [2.05, 4.69) is 15.9 Å². The van der Waals surface area contributed by atoms with Crippen molar-refractivity contribution in [3.63, 3.8) is 0 Å². The Morgan fingerprint density at radius 2 is 1.91 bits per heavy atom. The summed E-state index contributed by atoms with van der Waals surface area (Å²) < 4.78 is 6.85. The van der Waals surface area contributed by atoms with Crippen LogP contribution in [0.1, 0.15) is 35.7 Å². The van der Waals surface area contributed by atoms with Gasteiger partial charge in [-0.1, -0.05) is 47.5 Å². The van der Waals surface area contributed by atoms with Crippen molar-refractivity contribution in [1.29, 1.82) is 0 Å². The summed E-state index contributed by atoms with van der Waals surface area (Å²) in [6.07, 6.45) is 0.997. The molecule has 3 nitrogen and oxygen atoms in total. The van der Waals surface area contributed by atoms with Gasteiger partial charge in [0.05, 0.1) is 5.69 Å². The van der Waals surface area contributed by atoms with E-state index >= 15 is 0 Å². The van der Waals surface area contributed by atoms with Gasteiger partial charge < -0.3 is 10.5 Å². The monoisotopic (exact) mass is 361 g/mol. The molecule has 0 spiro atoms. The number of Topliss-reactive ketones (excluding diaryl/α,β-unsaturated/α-hetero) is 1. The van der Waals surface area contributed by atoms with Crippen LogP contribution in [-0.2, 0) is 0 Å². The summed E-state index contributed by atoms with van der Waals surface area (Å²) in [6.45, 7) is 4.00. The first kappa shape index (κ1) is 16.6. The molecule has 0 heterocycles. The normalized spacial score (nSPS) is 12.0. The summed E-state index contributed by atoms with van der Waals surface area (Å²) in [5, 5.41) is 0. The van der Waals surface area contributed by atoms with Crippen molar-refractivity contribution < 1.29 is 9.53 Å². The van der Waals surface area contributed by atoms with Crippen LogP contribution in [0.3, 0.4) is 0 Å². The smallest absolute Gasteiger partial charge is 0.203 e. The molecule has 2 aromatic rings. The van der Waals surface area contributed by atoms with Crippen LogP contribution in [0.2, 0.25) is 0 Å². The highest BCUT2D eigenvalue weighted by Gasteiger charge is 2.22. The minimum Gasteiger partial charge on any atom is -0.480 e. The van der Waals surface area contributed by atoms with Crippen LogP contribution in [0.25, 0.3) is 0 Å². The molecule has 0 aliphatic carbocycles. The van der Waals surface area contributed by atoms with E-state index in [1.54, 1.807) is 12.1 Å². The summed E-state index contributed by atoms with van der Waals surface area (Å²) in [6, 6.07) is 12.9. The second-order valence-electron chi connectivity index (χ2n) is 5.31. The molecule has 0 radical (unpaired) electrons. The van der Waals surface area contributed by atoms with E-state index in [0.29, 0.717) is 23.4 Å². The molecule has 0 saturated heterocycles. The summed E-state index contributed by atoms with van der Waals surface area (Å²) in [5.41, 5.74) is 8.25. The lowest BCUT2D eigenvalue weighted by atomic mass is 10.0. The van der Waals surface area contributed by atoms with Gasteiger partial charge in [0, 0.05) is 10.0 Å². The van der Waals surface area contributed by atoms with Crippen LogP contribution in [0, 0.1) is 6.92 Å². The minimum absolute atomic E-state index is 0.0191. The molecule has 0 aliphatic heterocycles. The highest BCUT2D eigenvalue weighted by atomic mass is 79.9. The fraction of sp³-hybridized carbons (Fsp3) is 0.278. The van der Waals surface area contributed by atoms with Crippen molar-refractivity contribution in [2.75, 3.05) is 5.73 Å². The zero-order chi connectivity index (χ0) is 16.1. The number of aryl methyl sites for hydroxylation is 1. The Bertz CT molecular complexity index is 653. The van der Waals surface area contributed by atoms with E-state index < -0.39 is 6.10 Å². The van der Waals surface area contributed by atoms with Crippen LogP contribution < -0.4 is 10.5 Å². The molecule has 0 bridgehead atoms. The Balaban J connectivity index is 2.22. The number of carbonyl (C=O) groups is 1. The van der Waals surface area contributed by atoms with E-state index in [9.17, 15) is 4.79 Å². The fourth-order valence-electron chi connectivity index (χ4n) is 2.23. The number of rotatable bonds is 6. The molecule has 0 amide bonds. The Labute approximate surface area is 139 Å². The van der Waals surface area contributed by atoms with Gasteiger partial charge in [0.2, 0.25) is 5.78 Å². The molecular formula is C18H20BrNO2. The van der Waals surface area contributed by atoms with Crippen LogP contribution in [-0.4, -0.2) is 11.9 Å². The molecule has 0 saturated carbocycles. The number of ketones is 1. The first-order chi connectivity index (χ1) is 10.5. The van der Waals surface area contributed by atoms with Gasteiger partial charge in [0.25, 0.3) is 0 Å². The molecule has 0 aliphatic rings. The van der Waals surface area contributed by atoms with Crippen molar-refractivity contribution in [2.24, 2.45) is 0 Å². The van der Waals surface area contributed by atoms with Crippen LogP contribution >= 0.6 is 15.9 Å². The first-order valence-corrected chi connectivity index (χ1v) is 8.13. The number of nitrogens with two attached hydrogens (primary N) is 1. The van der Waals surface area contributed by atoms with Crippen molar-refractivity contribution in [2.45, 2.75) is 32.8 Å². The van der Waals surface area contributed by atoms with Gasteiger partial charge in [0.1, 0.15) is 5.75 Å². The lowest BCUT2D eigenvalue weighted by Gasteiger charge is -2.19. The maximum absolute atomic E-state index is 12.6. The quantitative estimate of drug-likeness (QED) is 0.595. The number of anilines is 1. The van der Waals surface area contributed by atoms with Crippen molar-refractivity contribution in [1.82, 2.24) is 0 Å². The van der Waals surface area contributed by atoms with Gasteiger partial charge in [-0.2, -0.15) is 0 Å². The topological polar surface area (TPSA) is 52.3 Å². The lowest BCUT2D eigenvalue weighted by molar-refractivity contribution is 0.0779. The third-order valence-corrected chi connectivity index (χ3v) is 3.94. The Morgan fingerprint density at radius 3 is 2.50 bits per heavy atom. The number of hydrogen-bond acceptors (Lipinski definition) is 3. The van der Waals surface area contributed by atoms with E-state index in [1.807, 2.05) is 44.2 Å². The predicted molar refractivity (Wildman–Crippen MR) is 93.4 cm³/mol. The van der Waals surface area contributed by atoms with Crippen LogP contribution in [0.15, 0.2) is 46.9 Å². The summed E-state index contributed by atoms with van der Waals surface area (Å²) in [5.74, 6) is 0.545. The average Bonchev–Trinajstić information content (AvgIpc) is 2.49. The molecule has 1 atom stereocenters. The molecule has 1 unspecified atom stereocenters. The maximum atomic E-state index is 12.6. The predicted octanol–water partition coefficient (Wildman–Crippen LogP) is 4.77. The van der Waals surface area contributed by atoms with Gasteiger partial charge in [-0.3, -0.25) is 4.79 Å². The Kier molecular flexibility index (Phi) is 5.61. The van der Waals surface area contributed by atoms with Crippen LogP contribution in [0.5, 0.6) is 5.75 Å². The summed E-state index contributed by atoms with van der Waals surface area (Å²) in [4.78, 5) is 12.6. The number of halogens is 1. The lowest BCUT2D eigenvalue weighted by Crippen LogP contribution is -2.27. The van der Waals surface area contributed by atoms with E-state index in [4.69, 9.17) is 10.5 Å². The number of benzene rings is 2. The fourth-order valence-corrected chi connectivity index (χ4v) is 2.50. The van der Waals surface area contributed by atoms with Crippen molar-refractivity contribution >= 4 is 27.4 Å². The molecule has 2 rings (SSSR count). The van der Waals surface area contributed by atoms with E-state index in [0.717, 1.165) is 16.5 Å². The molecule has 22 heavy (non-hydrogen) atoms. The van der Waals surface area contributed by atoms with E-state index in [-0.39, 0.29) is 5.78 Å². The van der Waals surface area contributed by atoms with Gasteiger partial charge in [-0.15, -0.1) is 0 Å². The molecule has 2 N–H and O–H groups in total. The summed E-state index contributed by atoms with van der Waals surface area (Å²) >= 11 is 3.37. The Morgan fingerprint density at radius 1 is 1.23 bits per heavy atom. The molecule has 0 aromatic heterocycles. The Hall–Kier alpha value is -1.81. The van der Waals surface area contributed by atoms with Gasteiger partial charge in [-0.25, -0.2) is 0 Å². The number of ether oxygens (including phenoxy) is 1. The van der Waals surface area contributed by atoms with Crippen molar-refractivity contribution in [3.8, 4) is 5.75 Å². The highest BCUT2D eigenvalue weighted by molar-refractivity contribution is 9.10. The maximum Gasteiger partial charge on any atom is 0.203 e. The van der Waals surface area contributed by atoms with Crippen molar-refractivity contribution in [3.05, 3.63) is 58.1 Å². The SMILES string of the molecule is CCCC(Oc1ccc(C)cc1N)C(=O)c1ccc(Br)cc1. The molecule has 4 heteroatoms. The minimum atomic E-state index is -0.517.